The summed E-state index contributed by atoms with van der Waals surface area (Å²) in [6.45, 7) is 8.65. The summed E-state index contributed by atoms with van der Waals surface area (Å²) < 4.78 is 11.9. The highest BCUT2D eigenvalue weighted by molar-refractivity contribution is 5.88. The molecule has 0 heterocycles. The Labute approximate surface area is 254 Å². The Morgan fingerprint density at radius 3 is 2.44 bits per heavy atom. The van der Waals surface area contributed by atoms with Gasteiger partial charge in [-0.3, -0.25) is 0 Å². The molecule has 3 saturated carbocycles. The zero-order valence-electron chi connectivity index (χ0n) is 25.9. The van der Waals surface area contributed by atoms with Crippen LogP contribution in [0.3, 0.4) is 0 Å². The first-order valence-corrected chi connectivity index (χ1v) is 15.5. The summed E-state index contributed by atoms with van der Waals surface area (Å²) in [5.74, 6) is -1.73. The van der Waals surface area contributed by atoms with Crippen LogP contribution in [-0.4, -0.2) is 67.5 Å². The smallest absolute Gasteiger partial charge is 0.333 e. The number of rotatable bonds is 6. The van der Waals surface area contributed by atoms with E-state index in [4.69, 9.17) is 9.47 Å². The third kappa shape index (κ3) is 4.64. The van der Waals surface area contributed by atoms with Crippen LogP contribution in [0.4, 0.5) is 0 Å². The quantitative estimate of drug-likeness (QED) is 0.216. The van der Waals surface area contributed by atoms with Gasteiger partial charge < -0.3 is 29.9 Å². The van der Waals surface area contributed by atoms with Gasteiger partial charge in [0.2, 0.25) is 0 Å². The third-order valence-electron chi connectivity index (χ3n) is 11.8. The zero-order chi connectivity index (χ0) is 31.4. The summed E-state index contributed by atoms with van der Waals surface area (Å²) in [6, 6.07) is 9.32. The first-order valence-electron chi connectivity index (χ1n) is 15.5. The molecule has 0 spiro atoms. The minimum absolute atomic E-state index is 0.0211. The third-order valence-corrected chi connectivity index (χ3v) is 11.8. The molecular weight excluding hydrogens is 548 g/mol. The molecule has 0 saturated heterocycles. The number of fused-ring (bicyclic) bond motifs is 5. The Morgan fingerprint density at radius 2 is 1.77 bits per heavy atom. The molecule has 0 unspecified atom stereocenters. The molecule has 234 valence electrons. The topological polar surface area (TPSA) is 134 Å². The van der Waals surface area contributed by atoms with E-state index in [2.05, 4.69) is 6.92 Å². The number of hydrogen-bond acceptors (Lipinski definition) is 8. The van der Waals surface area contributed by atoms with Crippen LogP contribution in [0.1, 0.15) is 85.1 Å². The minimum atomic E-state index is -1.89. The lowest BCUT2D eigenvalue weighted by Crippen LogP contribution is -2.78. The van der Waals surface area contributed by atoms with Crippen LogP contribution in [0.2, 0.25) is 0 Å². The Morgan fingerprint density at radius 1 is 1.07 bits per heavy atom. The van der Waals surface area contributed by atoms with Crippen molar-refractivity contribution in [3.8, 4) is 0 Å². The van der Waals surface area contributed by atoms with E-state index in [0.717, 1.165) is 11.1 Å². The van der Waals surface area contributed by atoms with Crippen molar-refractivity contribution in [3.63, 3.8) is 0 Å². The van der Waals surface area contributed by atoms with E-state index in [-0.39, 0.29) is 25.7 Å². The van der Waals surface area contributed by atoms with Gasteiger partial charge in [0.15, 0.2) is 0 Å². The fourth-order valence-electron chi connectivity index (χ4n) is 8.87. The number of aliphatic hydroxyl groups is 4. The number of esters is 2. The van der Waals surface area contributed by atoms with Gasteiger partial charge in [-0.15, -0.1) is 0 Å². The molecule has 9 atom stereocenters. The van der Waals surface area contributed by atoms with E-state index in [1.165, 1.54) is 6.08 Å². The summed E-state index contributed by atoms with van der Waals surface area (Å²) >= 11 is 0. The monoisotopic (exact) mass is 594 g/mol. The van der Waals surface area contributed by atoms with E-state index in [1.54, 1.807) is 39.8 Å². The van der Waals surface area contributed by atoms with Crippen molar-refractivity contribution in [2.45, 2.75) is 115 Å². The van der Waals surface area contributed by atoms with Crippen molar-refractivity contribution in [2.24, 2.45) is 16.7 Å². The molecule has 3 fully saturated rings. The fourth-order valence-corrected chi connectivity index (χ4v) is 8.87. The second-order valence-corrected chi connectivity index (χ2v) is 13.6. The first kappa shape index (κ1) is 31.6. The highest BCUT2D eigenvalue weighted by Crippen LogP contribution is 2.71. The van der Waals surface area contributed by atoms with Gasteiger partial charge in [-0.2, -0.15) is 0 Å². The minimum Gasteiger partial charge on any atom is -0.458 e. The lowest BCUT2D eigenvalue weighted by molar-refractivity contribution is -0.326. The van der Waals surface area contributed by atoms with Gasteiger partial charge >= 0.3 is 11.9 Å². The molecule has 0 aliphatic heterocycles. The van der Waals surface area contributed by atoms with Crippen LogP contribution >= 0.6 is 0 Å². The first-order chi connectivity index (χ1) is 20.2. The van der Waals surface area contributed by atoms with E-state index < -0.39 is 63.8 Å². The maximum absolute atomic E-state index is 13.4. The van der Waals surface area contributed by atoms with Crippen LogP contribution in [0.5, 0.6) is 0 Å². The van der Waals surface area contributed by atoms with Crippen LogP contribution < -0.4 is 0 Å². The molecule has 5 rings (SSSR count). The molecule has 0 radical (unpaired) electrons. The summed E-state index contributed by atoms with van der Waals surface area (Å²) in [4.78, 5) is 26.2. The van der Waals surface area contributed by atoms with Crippen molar-refractivity contribution >= 4 is 18.0 Å². The molecule has 1 aromatic rings. The average Bonchev–Trinajstić information content (AvgIpc) is 3.22. The normalized spacial score (nSPS) is 41.5. The van der Waals surface area contributed by atoms with Gasteiger partial charge in [0.05, 0.1) is 11.5 Å². The van der Waals surface area contributed by atoms with E-state index >= 15 is 0 Å². The van der Waals surface area contributed by atoms with Crippen molar-refractivity contribution in [2.75, 3.05) is 0 Å². The standard InChI is InChI=1S/C35H46O8/c1-6-22(2)30(38)42-23(3)33(39)18-19-35(41)32(33,5)28(43-29(37)13-12-24-10-8-7-9-11-24)21-27-31(4)16-15-26(36)20-25(31)14-17-34(27,35)40/h6-14,23,26-28,36,39-41H,15-21H2,1-5H3/b13-12+,22-6+/t23-,26+,27-,28-,31+,32-,33-,34+,35-/m1/s1. The number of carbonyl (C=O) groups is 2. The average molecular weight is 595 g/mol. The molecule has 43 heavy (non-hydrogen) atoms. The molecule has 8 nitrogen and oxygen atoms in total. The number of hydrogen-bond donors (Lipinski definition) is 4. The van der Waals surface area contributed by atoms with Crippen molar-refractivity contribution in [1.82, 2.24) is 0 Å². The maximum Gasteiger partial charge on any atom is 0.333 e. The van der Waals surface area contributed by atoms with Crippen molar-refractivity contribution in [3.05, 3.63) is 65.3 Å². The maximum atomic E-state index is 13.4. The molecule has 0 aromatic heterocycles. The van der Waals surface area contributed by atoms with Crippen LogP contribution in [0.15, 0.2) is 59.7 Å². The molecule has 4 N–H and O–H groups in total. The number of carbonyl (C=O) groups excluding carboxylic acids is 2. The summed E-state index contributed by atoms with van der Waals surface area (Å²) in [7, 11) is 0. The van der Waals surface area contributed by atoms with Gasteiger partial charge in [-0.1, -0.05) is 61.9 Å². The Kier molecular flexibility index (Phi) is 8.08. The SMILES string of the molecule is C/C=C(\C)C(=O)O[C@H](C)[C@]1(O)CC[C@@]2(O)[C@]1(C)[C@H](OC(=O)/C=C/c1ccccc1)C[C@@H]1[C@@]3(C)CC[C@H](O)CC3=CC[C@]12O. The van der Waals surface area contributed by atoms with Crippen LogP contribution in [0.25, 0.3) is 6.08 Å². The molecular formula is C35H46O8. The van der Waals surface area contributed by atoms with Gasteiger partial charge in [-0.25, -0.2) is 9.59 Å². The molecule has 1 aromatic carbocycles. The molecule has 0 bridgehead atoms. The summed E-state index contributed by atoms with van der Waals surface area (Å²) in [5, 5.41) is 48.4. The predicted molar refractivity (Wildman–Crippen MR) is 161 cm³/mol. The Hall–Kier alpha value is -2.78. The van der Waals surface area contributed by atoms with Gasteiger partial charge in [0, 0.05) is 17.6 Å². The van der Waals surface area contributed by atoms with E-state index in [1.807, 2.05) is 36.4 Å². The predicted octanol–water partition coefficient (Wildman–Crippen LogP) is 4.40. The highest BCUT2D eigenvalue weighted by Gasteiger charge is 2.81. The van der Waals surface area contributed by atoms with Crippen LogP contribution in [0, 0.1) is 16.7 Å². The molecule has 8 heteroatoms. The van der Waals surface area contributed by atoms with Crippen molar-refractivity contribution < 1.29 is 39.5 Å². The van der Waals surface area contributed by atoms with E-state index in [0.29, 0.717) is 24.8 Å². The molecule has 4 aliphatic carbocycles. The number of benzene rings is 1. The number of ether oxygens (including phenoxy) is 2. The van der Waals surface area contributed by atoms with Gasteiger partial charge in [0.25, 0.3) is 0 Å². The lowest BCUT2D eigenvalue weighted by Gasteiger charge is -2.67. The molecule has 4 aliphatic rings. The Bertz CT molecular complexity index is 1350. The zero-order valence-corrected chi connectivity index (χ0v) is 25.9. The Balaban J connectivity index is 1.58. The second kappa shape index (κ2) is 11.0. The number of aliphatic hydroxyl groups excluding tert-OH is 1. The van der Waals surface area contributed by atoms with Crippen molar-refractivity contribution in [1.29, 1.82) is 0 Å². The van der Waals surface area contributed by atoms with Gasteiger partial charge in [0.1, 0.15) is 29.0 Å². The number of allylic oxidation sites excluding steroid dienone is 1. The van der Waals surface area contributed by atoms with E-state index in [9.17, 15) is 30.0 Å². The molecule has 0 amide bonds. The largest absolute Gasteiger partial charge is 0.458 e. The van der Waals surface area contributed by atoms with Crippen LogP contribution in [-0.2, 0) is 19.1 Å². The fraction of sp³-hybridized carbons (Fsp3) is 0.600. The van der Waals surface area contributed by atoms with Gasteiger partial charge in [-0.05, 0) is 82.8 Å². The lowest BCUT2D eigenvalue weighted by atomic mass is 9.42. The second-order valence-electron chi connectivity index (χ2n) is 13.6. The summed E-state index contributed by atoms with van der Waals surface area (Å²) in [5.41, 5.74) is -5.28. The highest BCUT2D eigenvalue weighted by atomic mass is 16.6. The summed E-state index contributed by atoms with van der Waals surface area (Å²) in [6.07, 6.45) is 6.00.